The van der Waals surface area contributed by atoms with Gasteiger partial charge >= 0.3 is 0 Å². The maximum Gasteiger partial charge on any atom is 0.227 e. The molecule has 154 valence electrons. The van der Waals surface area contributed by atoms with Gasteiger partial charge in [-0.05, 0) is 75.5 Å². The van der Waals surface area contributed by atoms with E-state index in [2.05, 4.69) is 5.32 Å². The topological polar surface area (TPSA) is 58.6 Å². The van der Waals surface area contributed by atoms with Gasteiger partial charge in [0.2, 0.25) is 5.91 Å². The molecule has 0 aliphatic carbocycles. The number of carbonyl (C=O) groups is 2. The van der Waals surface area contributed by atoms with Gasteiger partial charge in [-0.1, -0.05) is 30.3 Å². The van der Waals surface area contributed by atoms with E-state index in [1.54, 1.807) is 11.8 Å². The first-order valence-electron chi connectivity index (χ1n) is 10.4. The monoisotopic (exact) mass is 394 g/mol. The number of piperidine rings is 1. The molecule has 1 aliphatic heterocycles. The number of Topliss-reactive ketones (excluding diaryl/α,β-unsaturated/α-hetero) is 1. The van der Waals surface area contributed by atoms with E-state index >= 15 is 0 Å². The number of ketones is 1. The lowest BCUT2D eigenvalue weighted by atomic mass is 9.96. The third kappa shape index (κ3) is 6.16. The summed E-state index contributed by atoms with van der Waals surface area (Å²) in [4.78, 5) is 26.8. The van der Waals surface area contributed by atoms with Gasteiger partial charge in [0.05, 0.1) is 12.5 Å². The van der Waals surface area contributed by atoms with Crippen molar-refractivity contribution < 1.29 is 14.3 Å². The molecule has 3 rings (SSSR count). The number of para-hydroxylation sites is 1. The summed E-state index contributed by atoms with van der Waals surface area (Å²) in [6.45, 7) is 5.99. The van der Waals surface area contributed by atoms with Crippen LogP contribution in [0.15, 0.2) is 54.6 Å². The Kier molecular flexibility index (Phi) is 7.42. The second-order valence-electron chi connectivity index (χ2n) is 7.76. The Bertz CT molecular complexity index is 799. The molecular formula is C24H30N2O3. The molecule has 1 amide bonds. The van der Waals surface area contributed by atoms with Crippen molar-refractivity contribution in [1.82, 2.24) is 10.2 Å². The van der Waals surface area contributed by atoms with Crippen molar-refractivity contribution in [3.63, 3.8) is 0 Å². The van der Waals surface area contributed by atoms with Crippen molar-refractivity contribution in [1.29, 1.82) is 0 Å². The zero-order chi connectivity index (χ0) is 20.6. The van der Waals surface area contributed by atoms with Crippen LogP contribution >= 0.6 is 0 Å². The first kappa shape index (κ1) is 21.1. The average Bonchev–Trinajstić information content (AvgIpc) is 2.74. The van der Waals surface area contributed by atoms with Crippen LogP contribution in [0.1, 0.15) is 32.3 Å². The normalized spacial score (nSPS) is 15.5. The highest BCUT2D eigenvalue weighted by molar-refractivity contribution is 5.88. The number of nitrogens with one attached hydrogen (secondary N) is 1. The summed E-state index contributed by atoms with van der Waals surface area (Å²) in [5, 5.41) is 3.35. The van der Waals surface area contributed by atoms with Gasteiger partial charge in [0.15, 0.2) is 5.78 Å². The Labute approximate surface area is 173 Å². The summed E-state index contributed by atoms with van der Waals surface area (Å²) < 4.78 is 5.81. The fourth-order valence-electron chi connectivity index (χ4n) is 3.61. The molecule has 1 N–H and O–H groups in total. The summed E-state index contributed by atoms with van der Waals surface area (Å²) in [5.41, 5.74) is 0.918. The molecule has 5 nitrogen and oxygen atoms in total. The molecule has 29 heavy (non-hydrogen) atoms. The number of hydrogen-bond acceptors (Lipinski definition) is 4. The lowest BCUT2D eigenvalue weighted by Crippen LogP contribution is -2.47. The largest absolute Gasteiger partial charge is 0.457 e. The third-order valence-corrected chi connectivity index (χ3v) is 5.55. The molecule has 0 bridgehead atoms. The molecule has 2 aromatic rings. The molecule has 1 heterocycles. The van der Waals surface area contributed by atoms with Gasteiger partial charge < -0.3 is 15.0 Å². The standard InChI is InChI=1S/C24H30N2O3/c1-18(19(2)27)26(17-21-12-14-25-15-13-21)24(28)16-20-8-10-23(11-9-20)29-22-6-4-3-5-7-22/h3-11,18,21,25H,12-17H2,1-2H3. The predicted molar refractivity (Wildman–Crippen MR) is 114 cm³/mol. The van der Waals surface area contributed by atoms with Gasteiger partial charge in [-0.2, -0.15) is 0 Å². The molecule has 5 heteroatoms. The smallest absolute Gasteiger partial charge is 0.227 e. The summed E-state index contributed by atoms with van der Waals surface area (Å²) in [7, 11) is 0. The first-order chi connectivity index (χ1) is 14.0. The number of nitrogens with zero attached hydrogens (tertiary/aromatic N) is 1. The van der Waals surface area contributed by atoms with Crippen molar-refractivity contribution in [3.05, 3.63) is 60.2 Å². The number of benzene rings is 2. The van der Waals surface area contributed by atoms with E-state index < -0.39 is 6.04 Å². The Morgan fingerprint density at radius 2 is 1.66 bits per heavy atom. The van der Waals surface area contributed by atoms with Crippen LogP contribution in [0.25, 0.3) is 0 Å². The van der Waals surface area contributed by atoms with Crippen molar-refractivity contribution in [2.45, 2.75) is 39.2 Å². The Hall–Kier alpha value is -2.66. The Morgan fingerprint density at radius 1 is 1.03 bits per heavy atom. The highest BCUT2D eigenvalue weighted by Crippen LogP contribution is 2.22. The number of carbonyl (C=O) groups excluding carboxylic acids is 2. The summed E-state index contributed by atoms with van der Waals surface area (Å²) >= 11 is 0. The van der Waals surface area contributed by atoms with Crippen LogP contribution in [0.2, 0.25) is 0 Å². The van der Waals surface area contributed by atoms with Crippen molar-refractivity contribution in [2.24, 2.45) is 5.92 Å². The SMILES string of the molecule is CC(=O)C(C)N(CC1CCNCC1)C(=O)Cc1ccc(Oc2ccccc2)cc1. The predicted octanol–water partition coefficient (Wildman–Crippen LogP) is 3.83. The number of hydrogen-bond donors (Lipinski definition) is 1. The highest BCUT2D eigenvalue weighted by atomic mass is 16.5. The van der Waals surface area contributed by atoms with Crippen molar-refractivity contribution >= 4 is 11.7 Å². The molecule has 1 atom stereocenters. The van der Waals surface area contributed by atoms with Gasteiger partial charge in [0.1, 0.15) is 11.5 Å². The van der Waals surface area contributed by atoms with E-state index in [9.17, 15) is 9.59 Å². The molecule has 1 unspecified atom stereocenters. The van der Waals surface area contributed by atoms with Crippen molar-refractivity contribution in [2.75, 3.05) is 19.6 Å². The van der Waals surface area contributed by atoms with Gasteiger partial charge in [-0.3, -0.25) is 9.59 Å². The second kappa shape index (κ2) is 10.2. The minimum absolute atomic E-state index is 0.00274. The fourth-order valence-corrected chi connectivity index (χ4v) is 3.61. The van der Waals surface area contributed by atoms with Gasteiger partial charge in [0.25, 0.3) is 0 Å². The lowest BCUT2D eigenvalue weighted by molar-refractivity contribution is -0.138. The minimum atomic E-state index is -0.391. The maximum absolute atomic E-state index is 13.0. The zero-order valence-corrected chi connectivity index (χ0v) is 17.3. The van der Waals surface area contributed by atoms with Crippen LogP contribution < -0.4 is 10.1 Å². The molecule has 0 spiro atoms. The van der Waals surface area contributed by atoms with Crippen LogP contribution in [0.5, 0.6) is 11.5 Å². The minimum Gasteiger partial charge on any atom is -0.457 e. The maximum atomic E-state index is 13.0. The molecule has 0 saturated carbocycles. The van der Waals surface area contributed by atoms with Crippen molar-refractivity contribution in [3.8, 4) is 11.5 Å². The molecule has 0 radical (unpaired) electrons. The van der Waals surface area contributed by atoms with E-state index in [1.165, 1.54) is 0 Å². The number of rotatable bonds is 8. The molecule has 1 saturated heterocycles. The average molecular weight is 395 g/mol. The van der Waals surface area contributed by atoms with Gasteiger partial charge in [-0.25, -0.2) is 0 Å². The summed E-state index contributed by atoms with van der Waals surface area (Å²) in [6.07, 6.45) is 2.37. The zero-order valence-electron chi connectivity index (χ0n) is 17.3. The Morgan fingerprint density at radius 3 is 2.28 bits per heavy atom. The lowest BCUT2D eigenvalue weighted by Gasteiger charge is -2.33. The quantitative estimate of drug-likeness (QED) is 0.739. The van der Waals surface area contributed by atoms with E-state index in [-0.39, 0.29) is 18.1 Å². The van der Waals surface area contributed by atoms with Crippen LogP contribution in [0, 0.1) is 5.92 Å². The summed E-state index contributed by atoms with van der Waals surface area (Å²) in [5.74, 6) is 1.99. The Balaban J connectivity index is 1.63. The number of ether oxygens (including phenoxy) is 1. The third-order valence-electron chi connectivity index (χ3n) is 5.55. The van der Waals surface area contributed by atoms with Crippen LogP contribution in [-0.2, 0) is 16.0 Å². The van der Waals surface area contributed by atoms with Gasteiger partial charge in [0, 0.05) is 6.54 Å². The van der Waals surface area contributed by atoms with Crippen LogP contribution in [0.4, 0.5) is 0 Å². The molecule has 1 aliphatic rings. The van der Waals surface area contributed by atoms with E-state index in [0.29, 0.717) is 12.5 Å². The molecular weight excluding hydrogens is 364 g/mol. The second-order valence-corrected chi connectivity index (χ2v) is 7.76. The van der Waals surface area contributed by atoms with Crippen LogP contribution in [-0.4, -0.2) is 42.3 Å². The molecule has 2 aromatic carbocycles. The first-order valence-corrected chi connectivity index (χ1v) is 10.4. The van der Waals surface area contributed by atoms with Gasteiger partial charge in [-0.15, -0.1) is 0 Å². The highest BCUT2D eigenvalue weighted by Gasteiger charge is 2.27. The molecule has 0 aromatic heterocycles. The van der Waals surface area contributed by atoms with E-state index in [1.807, 2.05) is 61.5 Å². The van der Waals surface area contributed by atoms with Crippen LogP contribution in [0.3, 0.4) is 0 Å². The van der Waals surface area contributed by atoms with E-state index in [4.69, 9.17) is 4.74 Å². The van der Waals surface area contributed by atoms with E-state index in [0.717, 1.165) is 43.0 Å². The summed E-state index contributed by atoms with van der Waals surface area (Å²) in [6, 6.07) is 16.8. The molecule has 1 fully saturated rings. The fraction of sp³-hybridized carbons (Fsp3) is 0.417. The number of amides is 1.